The zero-order valence-corrected chi connectivity index (χ0v) is 8.67. The fourth-order valence-electron chi connectivity index (χ4n) is 0. The van der Waals surface area contributed by atoms with Crippen molar-refractivity contribution in [2.24, 2.45) is 0 Å². The summed E-state index contributed by atoms with van der Waals surface area (Å²) in [6.07, 6.45) is 0. The van der Waals surface area contributed by atoms with Crippen molar-refractivity contribution in [2.45, 2.75) is 9.94 Å². The van der Waals surface area contributed by atoms with E-state index in [9.17, 15) is 0 Å². The van der Waals surface area contributed by atoms with Crippen molar-refractivity contribution in [3.8, 4) is 0 Å². The van der Waals surface area contributed by atoms with Crippen LogP contribution in [0.3, 0.4) is 0 Å². The van der Waals surface area contributed by atoms with Crippen LogP contribution in [0.2, 0.25) is 9.94 Å². The zero-order chi connectivity index (χ0) is 4.50. The van der Waals surface area contributed by atoms with Gasteiger partial charge in [-0.3, -0.25) is 0 Å². The van der Waals surface area contributed by atoms with Gasteiger partial charge in [0.05, 0.1) is 0 Å². The van der Waals surface area contributed by atoms with E-state index >= 15 is 0 Å². The molecule has 0 aliphatic rings. The summed E-state index contributed by atoms with van der Waals surface area (Å²) in [4.78, 5) is 4.42. The Morgan fingerprint density at radius 3 is 1.20 bits per heavy atom. The fraction of sp³-hybridized carbons (Fsp3) is 1.00. The zero-order valence-electron chi connectivity index (χ0n) is 3.16. The van der Waals surface area contributed by atoms with Gasteiger partial charge in [-0.15, -0.1) is 0 Å². The van der Waals surface area contributed by atoms with E-state index in [-0.39, 0.29) is 0 Å². The summed E-state index contributed by atoms with van der Waals surface area (Å²) >= 11 is 5.57. The van der Waals surface area contributed by atoms with Crippen LogP contribution in [0.25, 0.3) is 0 Å². The molecule has 0 saturated heterocycles. The van der Waals surface area contributed by atoms with E-state index in [1.54, 1.807) is 0 Å². The first-order chi connectivity index (χ1) is 2.00. The minimum absolute atomic E-state index is 1.39. The van der Waals surface area contributed by atoms with Crippen LogP contribution >= 0.6 is 25.5 Å². The molecule has 0 bridgehead atoms. The third-order valence-electron chi connectivity index (χ3n) is 0. The molecule has 0 rings (SSSR count). The molecular weight excluding hydrogens is 311 g/mol. The van der Waals surface area contributed by atoms with Crippen molar-refractivity contribution in [3.05, 3.63) is 0 Å². The second-order valence-electron chi connectivity index (χ2n) is 1.08. The molecule has 0 saturated carbocycles. The van der Waals surface area contributed by atoms with Gasteiger partial charge in [-0.05, 0) is 0 Å². The van der Waals surface area contributed by atoms with Gasteiger partial charge in [-0.2, -0.15) is 0 Å². The van der Waals surface area contributed by atoms with Crippen LogP contribution in [0.5, 0.6) is 0 Å². The second-order valence-corrected chi connectivity index (χ2v) is 34.8. The predicted molar refractivity (Wildman–Crippen MR) is 35.3 cm³/mol. The summed E-state index contributed by atoms with van der Waals surface area (Å²) in [6.45, 7) is 0. The molecule has 0 atom stereocenters. The number of halogens is 2. The topological polar surface area (TPSA) is 0 Å². The molecule has 0 nitrogen and oxygen atoms in total. The summed E-state index contributed by atoms with van der Waals surface area (Å²) in [5, 5.41) is 0. The van der Waals surface area contributed by atoms with Crippen LogP contribution < -0.4 is 0 Å². The van der Waals surface area contributed by atoms with E-state index in [1.165, 1.54) is 0 Å². The number of hydrogen-bond donors (Lipinski definition) is 0. The van der Waals surface area contributed by atoms with Gasteiger partial charge >= 0.3 is 49.2 Å². The summed E-state index contributed by atoms with van der Waals surface area (Å²) in [5.74, 6) is 0. The van der Waals surface area contributed by atoms with Crippen LogP contribution in [-0.2, 0) is 0 Å². The molecular formula is C2H6Br2Te. The van der Waals surface area contributed by atoms with Gasteiger partial charge in [0.1, 0.15) is 0 Å². The first-order valence-electron chi connectivity index (χ1n) is 1.13. The first-order valence-corrected chi connectivity index (χ1v) is 16.2. The van der Waals surface area contributed by atoms with Gasteiger partial charge in [0, 0.05) is 0 Å². The van der Waals surface area contributed by atoms with Gasteiger partial charge in [0.15, 0.2) is 0 Å². The Bertz CT molecular complexity index is 23.1. The van der Waals surface area contributed by atoms with Crippen LogP contribution in [0.15, 0.2) is 0 Å². The van der Waals surface area contributed by atoms with Crippen LogP contribution in [-0.4, -0.2) is 13.8 Å². The predicted octanol–water partition coefficient (Wildman–Crippen LogP) is 2.48. The Labute approximate surface area is 48.7 Å². The van der Waals surface area contributed by atoms with E-state index in [0.29, 0.717) is 0 Å². The monoisotopic (exact) mass is 318 g/mol. The number of rotatable bonds is 0. The van der Waals surface area contributed by atoms with Crippen LogP contribution in [0.1, 0.15) is 0 Å². The Morgan fingerprint density at radius 1 is 1.20 bits per heavy atom. The van der Waals surface area contributed by atoms with Crippen molar-refractivity contribution < 1.29 is 0 Å². The summed E-state index contributed by atoms with van der Waals surface area (Å²) in [7, 11) is 0. The maximum atomic E-state index is 3.48. The minimum atomic E-state index is -1.39. The maximum absolute atomic E-state index is 3.48. The van der Waals surface area contributed by atoms with E-state index in [2.05, 4.69) is 35.5 Å². The van der Waals surface area contributed by atoms with Crippen molar-refractivity contribution in [3.63, 3.8) is 0 Å². The van der Waals surface area contributed by atoms with Crippen molar-refractivity contribution >= 4 is 39.3 Å². The normalized spacial score (nSPS) is 15.2. The van der Waals surface area contributed by atoms with E-state index in [0.717, 1.165) is 0 Å². The SMILES string of the molecule is C[Te](C)(Br)Br. The molecule has 0 radical (unpaired) electrons. The Morgan fingerprint density at radius 2 is 1.20 bits per heavy atom. The Kier molecular flexibility index (Phi) is 2.92. The number of hydrogen-bond acceptors (Lipinski definition) is 0. The second kappa shape index (κ2) is 2.16. The Balaban J connectivity index is 3.02. The fourth-order valence-corrected chi connectivity index (χ4v) is 0. The van der Waals surface area contributed by atoms with Crippen molar-refractivity contribution in [1.29, 1.82) is 0 Å². The van der Waals surface area contributed by atoms with E-state index < -0.39 is 13.8 Å². The molecule has 0 heterocycles. The van der Waals surface area contributed by atoms with Crippen molar-refractivity contribution in [2.75, 3.05) is 0 Å². The standard InChI is InChI=1S/C2H6Br2Te/c1-5(2,3)4/h1-2H3. The quantitative estimate of drug-likeness (QED) is 0.602. The molecule has 34 valence electrons. The van der Waals surface area contributed by atoms with Gasteiger partial charge in [0.2, 0.25) is 0 Å². The summed E-state index contributed by atoms with van der Waals surface area (Å²) < 4.78 is 0. The third-order valence-corrected chi connectivity index (χ3v) is 0. The molecule has 3 heteroatoms. The molecule has 0 aromatic carbocycles. The molecule has 0 aromatic rings. The molecule has 0 spiro atoms. The average Bonchev–Trinajstić information content (AvgIpc) is 0.722. The van der Waals surface area contributed by atoms with Gasteiger partial charge in [-0.1, -0.05) is 0 Å². The van der Waals surface area contributed by atoms with Crippen molar-refractivity contribution in [1.82, 2.24) is 0 Å². The third kappa shape index (κ3) is 26.4. The Hall–Kier alpha value is 1.75. The summed E-state index contributed by atoms with van der Waals surface area (Å²) in [5.41, 5.74) is 0. The molecule has 0 unspecified atom stereocenters. The molecule has 0 amide bonds. The van der Waals surface area contributed by atoms with Gasteiger partial charge < -0.3 is 0 Å². The average molecular weight is 317 g/mol. The molecule has 0 N–H and O–H groups in total. The summed E-state index contributed by atoms with van der Waals surface area (Å²) in [6, 6.07) is 0. The van der Waals surface area contributed by atoms with E-state index in [1.807, 2.05) is 0 Å². The van der Waals surface area contributed by atoms with Gasteiger partial charge in [0.25, 0.3) is 0 Å². The van der Waals surface area contributed by atoms with Gasteiger partial charge in [-0.25, -0.2) is 0 Å². The van der Waals surface area contributed by atoms with Crippen LogP contribution in [0, 0.1) is 0 Å². The molecule has 0 aliphatic carbocycles. The first kappa shape index (κ1) is 6.75. The molecule has 5 heavy (non-hydrogen) atoms. The van der Waals surface area contributed by atoms with E-state index in [4.69, 9.17) is 0 Å². The molecule has 0 aliphatic heterocycles. The van der Waals surface area contributed by atoms with Crippen LogP contribution in [0.4, 0.5) is 0 Å². The molecule has 0 aromatic heterocycles. The molecule has 0 fully saturated rings.